The molecule has 1 amide bonds. The summed E-state index contributed by atoms with van der Waals surface area (Å²) in [6.07, 6.45) is 5.00. The predicted molar refractivity (Wildman–Crippen MR) is 135 cm³/mol. The molecule has 0 unspecified atom stereocenters. The molecule has 1 aromatic carbocycles. The first-order valence-electron chi connectivity index (χ1n) is 12.8. The summed E-state index contributed by atoms with van der Waals surface area (Å²) in [6.45, 7) is 10.5. The summed E-state index contributed by atoms with van der Waals surface area (Å²) in [5.74, 6) is 2.17. The number of carbonyl (C=O) groups excluding carboxylic acids is 1. The summed E-state index contributed by atoms with van der Waals surface area (Å²) >= 11 is 0. The minimum Gasteiger partial charge on any atom is -0.482 e. The van der Waals surface area contributed by atoms with Crippen molar-refractivity contribution in [2.45, 2.75) is 43.7 Å². The van der Waals surface area contributed by atoms with E-state index in [1.807, 2.05) is 24.1 Å². The SMILES string of the molecule is C=CC(=O)N1CC(N2CC(c3cc(C#N)c4c(c3)Nc3nccc(C5CCOCC5)c3[C@H](C)O4)C2)C1. The van der Waals surface area contributed by atoms with E-state index in [4.69, 9.17) is 9.47 Å². The Balaban J connectivity index is 1.23. The Hall–Kier alpha value is -3.41. The highest BCUT2D eigenvalue weighted by molar-refractivity contribution is 5.87. The molecule has 1 atom stereocenters. The third-order valence-electron chi connectivity index (χ3n) is 8.12. The van der Waals surface area contributed by atoms with E-state index in [1.165, 1.54) is 11.6 Å². The summed E-state index contributed by atoms with van der Waals surface area (Å²) < 4.78 is 12.0. The molecule has 4 aliphatic heterocycles. The highest BCUT2D eigenvalue weighted by Gasteiger charge is 2.41. The first-order chi connectivity index (χ1) is 17.6. The number of benzene rings is 1. The van der Waals surface area contributed by atoms with Crippen LogP contribution >= 0.6 is 0 Å². The Morgan fingerprint density at radius 1 is 1.22 bits per heavy atom. The van der Waals surface area contributed by atoms with Gasteiger partial charge < -0.3 is 19.7 Å². The van der Waals surface area contributed by atoms with Crippen molar-refractivity contribution in [3.63, 3.8) is 0 Å². The zero-order valence-corrected chi connectivity index (χ0v) is 20.6. The lowest BCUT2D eigenvalue weighted by atomic mass is 9.87. The molecule has 1 aromatic heterocycles. The van der Waals surface area contributed by atoms with Crippen LogP contribution in [-0.2, 0) is 9.53 Å². The minimum absolute atomic E-state index is 0.00177. The van der Waals surface area contributed by atoms with Crippen LogP contribution in [0.3, 0.4) is 0 Å². The van der Waals surface area contributed by atoms with Crippen molar-refractivity contribution in [1.82, 2.24) is 14.8 Å². The molecular formula is C28H31N5O3. The predicted octanol–water partition coefficient (Wildman–Crippen LogP) is 3.84. The fourth-order valence-corrected chi connectivity index (χ4v) is 5.95. The number of pyridine rings is 1. The van der Waals surface area contributed by atoms with Crippen LogP contribution in [0.1, 0.15) is 60.0 Å². The number of hydrogen-bond donors (Lipinski definition) is 1. The molecule has 1 N–H and O–H groups in total. The summed E-state index contributed by atoms with van der Waals surface area (Å²) in [5, 5.41) is 13.5. The maximum atomic E-state index is 11.7. The average molecular weight is 486 g/mol. The second-order valence-corrected chi connectivity index (χ2v) is 10.2. The average Bonchev–Trinajstić information content (AvgIpc) is 2.99. The Morgan fingerprint density at radius 2 is 2.00 bits per heavy atom. The molecule has 0 bridgehead atoms. The lowest BCUT2D eigenvalue weighted by molar-refractivity contribution is -0.134. The Labute approximate surface area is 211 Å². The van der Waals surface area contributed by atoms with Crippen molar-refractivity contribution in [1.29, 1.82) is 5.26 Å². The zero-order chi connectivity index (χ0) is 24.8. The second kappa shape index (κ2) is 9.23. The molecule has 0 aliphatic carbocycles. The van der Waals surface area contributed by atoms with Gasteiger partial charge in [0.2, 0.25) is 5.91 Å². The van der Waals surface area contributed by atoms with Crippen LogP contribution in [0, 0.1) is 11.3 Å². The Morgan fingerprint density at radius 3 is 2.72 bits per heavy atom. The number of fused-ring (bicyclic) bond motifs is 2. The fraction of sp³-hybridized carbons (Fsp3) is 0.464. The maximum absolute atomic E-state index is 11.7. The van der Waals surface area contributed by atoms with Crippen molar-refractivity contribution in [3.8, 4) is 11.8 Å². The van der Waals surface area contributed by atoms with Crippen molar-refractivity contribution in [2.75, 3.05) is 44.7 Å². The summed E-state index contributed by atoms with van der Waals surface area (Å²) in [7, 11) is 0. The fourth-order valence-electron chi connectivity index (χ4n) is 5.95. The van der Waals surface area contributed by atoms with Gasteiger partial charge in [0.15, 0.2) is 5.75 Å². The number of nitriles is 1. The van der Waals surface area contributed by atoms with Crippen LogP contribution in [0.4, 0.5) is 11.5 Å². The normalized spacial score (nSPS) is 22.6. The van der Waals surface area contributed by atoms with E-state index >= 15 is 0 Å². The van der Waals surface area contributed by atoms with Crippen LogP contribution in [0.2, 0.25) is 0 Å². The van der Waals surface area contributed by atoms with Gasteiger partial charge in [-0.05, 0) is 61.1 Å². The number of aromatic nitrogens is 1. The molecule has 186 valence electrons. The van der Waals surface area contributed by atoms with Gasteiger partial charge in [0, 0.05) is 63.1 Å². The van der Waals surface area contributed by atoms with Crippen molar-refractivity contribution >= 4 is 17.4 Å². The molecule has 36 heavy (non-hydrogen) atoms. The summed E-state index contributed by atoms with van der Waals surface area (Å²) in [4.78, 5) is 20.7. The molecule has 2 aromatic rings. The van der Waals surface area contributed by atoms with Crippen LogP contribution in [0.5, 0.6) is 5.75 Å². The number of rotatable bonds is 4. The largest absolute Gasteiger partial charge is 0.482 e. The standard InChI is InChI=1S/C28H31N5O3/c1-3-25(34)33-15-22(16-33)32-13-21(14-32)19-10-20(12-29)27-24(11-19)31-28-26(17(2)36-27)23(4-7-30-28)18-5-8-35-9-6-18/h3-4,7,10-11,17-18,21-22H,1,5-6,8-9,13-16H2,2H3,(H,30,31)/t17-/m0/s1. The molecule has 0 spiro atoms. The van der Waals surface area contributed by atoms with Gasteiger partial charge in [0.1, 0.15) is 18.0 Å². The molecule has 0 saturated carbocycles. The molecule has 4 aliphatic rings. The number of hydrogen-bond acceptors (Lipinski definition) is 7. The first-order valence-corrected chi connectivity index (χ1v) is 12.8. The minimum atomic E-state index is -0.225. The van der Waals surface area contributed by atoms with Crippen LogP contribution in [-0.4, -0.2) is 66.1 Å². The molecule has 5 heterocycles. The number of likely N-dealkylation sites (tertiary alicyclic amines) is 2. The van der Waals surface area contributed by atoms with E-state index in [0.717, 1.165) is 74.9 Å². The van der Waals surface area contributed by atoms with Crippen LogP contribution < -0.4 is 10.1 Å². The second-order valence-electron chi connectivity index (χ2n) is 10.2. The van der Waals surface area contributed by atoms with Gasteiger partial charge in [-0.1, -0.05) is 6.58 Å². The van der Waals surface area contributed by atoms with E-state index < -0.39 is 0 Å². The topological polar surface area (TPSA) is 90.7 Å². The molecule has 8 heteroatoms. The maximum Gasteiger partial charge on any atom is 0.246 e. The van der Waals surface area contributed by atoms with Crippen molar-refractivity contribution < 1.29 is 14.3 Å². The number of anilines is 2. The molecule has 8 nitrogen and oxygen atoms in total. The van der Waals surface area contributed by atoms with Gasteiger partial charge in [0.05, 0.1) is 11.3 Å². The number of carbonyl (C=O) groups is 1. The lowest BCUT2D eigenvalue weighted by Gasteiger charge is -2.51. The molecule has 3 saturated heterocycles. The van der Waals surface area contributed by atoms with Gasteiger partial charge in [0.25, 0.3) is 0 Å². The van der Waals surface area contributed by atoms with E-state index in [9.17, 15) is 10.1 Å². The van der Waals surface area contributed by atoms with E-state index in [-0.39, 0.29) is 12.0 Å². The van der Waals surface area contributed by atoms with Gasteiger partial charge in [-0.3, -0.25) is 9.69 Å². The van der Waals surface area contributed by atoms with Crippen LogP contribution in [0.15, 0.2) is 37.1 Å². The van der Waals surface area contributed by atoms with Gasteiger partial charge in [-0.2, -0.15) is 5.26 Å². The Kier molecular flexibility index (Phi) is 5.90. The first kappa shape index (κ1) is 23.0. The zero-order valence-electron chi connectivity index (χ0n) is 20.6. The third kappa shape index (κ3) is 3.93. The molecular weight excluding hydrogens is 454 g/mol. The van der Waals surface area contributed by atoms with Gasteiger partial charge in [-0.25, -0.2) is 4.98 Å². The quantitative estimate of drug-likeness (QED) is 0.658. The smallest absolute Gasteiger partial charge is 0.246 e. The number of nitrogens with one attached hydrogen (secondary N) is 1. The van der Waals surface area contributed by atoms with Crippen molar-refractivity contribution in [2.24, 2.45) is 0 Å². The highest BCUT2D eigenvalue weighted by atomic mass is 16.5. The van der Waals surface area contributed by atoms with E-state index in [0.29, 0.717) is 29.2 Å². The molecule has 3 fully saturated rings. The van der Waals surface area contributed by atoms with Crippen molar-refractivity contribution in [3.05, 3.63) is 59.3 Å². The Bertz CT molecular complexity index is 1240. The van der Waals surface area contributed by atoms with Gasteiger partial charge in [-0.15, -0.1) is 0 Å². The monoisotopic (exact) mass is 485 g/mol. The van der Waals surface area contributed by atoms with Crippen LogP contribution in [0.25, 0.3) is 0 Å². The lowest BCUT2D eigenvalue weighted by Crippen LogP contribution is -2.65. The van der Waals surface area contributed by atoms with E-state index in [1.54, 1.807) is 0 Å². The number of amides is 1. The van der Waals surface area contributed by atoms with E-state index in [2.05, 4.69) is 40.0 Å². The van der Waals surface area contributed by atoms with Gasteiger partial charge >= 0.3 is 0 Å². The third-order valence-corrected chi connectivity index (χ3v) is 8.12. The number of nitrogens with zero attached hydrogens (tertiary/aromatic N) is 4. The highest BCUT2D eigenvalue weighted by Crippen LogP contribution is 2.45. The molecule has 6 rings (SSSR count). The molecule has 0 radical (unpaired) electrons. The summed E-state index contributed by atoms with van der Waals surface area (Å²) in [6, 6.07) is 8.98. The summed E-state index contributed by atoms with van der Waals surface area (Å²) in [5.41, 5.74) is 4.81. The number of ether oxygens (including phenoxy) is 2.